The second-order valence-corrected chi connectivity index (χ2v) is 8.40. The van der Waals surface area contributed by atoms with Crippen molar-refractivity contribution < 1.29 is 29.5 Å². The topological polar surface area (TPSA) is 136 Å². The van der Waals surface area contributed by atoms with Crippen LogP contribution >= 0.6 is 0 Å². The zero-order valence-electron chi connectivity index (χ0n) is 19.2. The molecule has 0 aromatic heterocycles. The Hall–Kier alpha value is -2.94. The lowest BCUT2D eigenvalue weighted by Gasteiger charge is -2.35. The van der Waals surface area contributed by atoms with E-state index >= 15 is 0 Å². The van der Waals surface area contributed by atoms with Gasteiger partial charge in [0.05, 0.1) is 0 Å². The van der Waals surface area contributed by atoms with Gasteiger partial charge < -0.3 is 15.3 Å². The van der Waals surface area contributed by atoms with Crippen molar-refractivity contribution in [1.82, 2.24) is 15.7 Å². The zero-order chi connectivity index (χ0) is 24.3. The average molecular weight is 450 g/mol. The zero-order valence-corrected chi connectivity index (χ0v) is 19.2. The molecule has 1 aromatic carbocycles. The molecule has 178 valence electrons. The van der Waals surface area contributed by atoms with Gasteiger partial charge in [-0.05, 0) is 23.8 Å². The van der Waals surface area contributed by atoms with Gasteiger partial charge in [0.25, 0.3) is 0 Å². The Morgan fingerprint density at radius 3 is 2.16 bits per heavy atom. The lowest BCUT2D eigenvalue weighted by atomic mass is 9.94. The van der Waals surface area contributed by atoms with E-state index in [1.165, 1.54) is 10.4 Å². The lowest BCUT2D eigenvalue weighted by molar-refractivity contribution is -0.147. The monoisotopic (exact) mass is 449 g/mol. The van der Waals surface area contributed by atoms with Crippen molar-refractivity contribution in [2.45, 2.75) is 72.0 Å². The Balaban J connectivity index is 3.25. The Morgan fingerprint density at radius 1 is 1.03 bits per heavy atom. The number of hydroxylamine groups is 1. The molecule has 0 saturated heterocycles. The van der Waals surface area contributed by atoms with Crippen molar-refractivity contribution in [2.24, 2.45) is 11.8 Å². The Bertz CT molecular complexity index is 768. The molecule has 1 aromatic rings. The first-order valence-electron chi connectivity index (χ1n) is 10.9. The first-order chi connectivity index (χ1) is 15.1. The highest BCUT2D eigenvalue weighted by Crippen LogP contribution is 2.21. The summed E-state index contributed by atoms with van der Waals surface area (Å²) in [7, 11) is 0. The number of aliphatic carboxylic acids is 1. The van der Waals surface area contributed by atoms with E-state index in [0.717, 1.165) is 5.56 Å². The molecule has 0 heterocycles. The minimum absolute atomic E-state index is 0.0532. The van der Waals surface area contributed by atoms with E-state index in [9.17, 15) is 24.3 Å². The summed E-state index contributed by atoms with van der Waals surface area (Å²) in [6, 6.07) is 7.14. The van der Waals surface area contributed by atoms with E-state index < -0.39 is 35.8 Å². The molecule has 0 radical (unpaired) electrons. The molecule has 32 heavy (non-hydrogen) atoms. The summed E-state index contributed by atoms with van der Waals surface area (Å²) in [5, 5.41) is 20.9. The van der Waals surface area contributed by atoms with E-state index in [1.807, 2.05) is 58.0 Å². The molecule has 0 aliphatic heterocycles. The lowest BCUT2D eigenvalue weighted by Crippen LogP contribution is -2.55. The van der Waals surface area contributed by atoms with Crippen molar-refractivity contribution in [2.75, 3.05) is 0 Å². The van der Waals surface area contributed by atoms with Crippen molar-refractivity contribution in [3.63, 3.8) is 0 Å². The number of rotatable bonds is 13. The predicted octanol–water partition coefficient (Wildman–Crippen LogP) is 2.33. The number of nitrogens with one attached hydrogen (secondary N) is 2. The molecular weight excluding hydrogens is 414 g/mol. The Kier molecular flexibility index (Phi) is 11.4. The number of carbonyl (C=O) groups is 4. The average Bonchev–Trinajstić information content (AvgIpc) is 2.76. The van der Waals surface area contributed by atoms with E-state index in [-0.39, 0.29) is 37.6 Å². The normalized spacial score (nSPS) is 13.7. The molecule has 0 bridgehead atoms. The summed E-state index contributed by atoms with van der Waals surface area (Å²) in [5.74, 6) is -3.02. The Morgan fingerprint density at radius 2 is 1.66 bits per heavy atom. The minimum Gasteiger partial charge on any atom is -0.480 e. The SMILES string of the molecule is CC[C@H](C)[C@@H](C(=O)N[C@@H](CC(C)C)C(=O)O)N(Cc1ccccc1)C(=O)CCC(=O)NO. The second-order valence-electron chi connectivity index (χ2n) is 8.40. The molecule has 0 aliphatic rings. The number of carboxylic acids is 1. The van der Waals surface area contributed by atoms with E-state index in [2.05, 4.69) is 5.32 Å². The fraction of sp³-hybridized carbons (Fsp3) is 0.565. The van der Waals surface area contributed by atoms with Gasteiger partial charge in [-0.25, -0.2) is 10.3 Å². The maximum absolute atomic E-state index is 13.3. The summed E-state index contributed by atoms with van der Waals surface area (Å²) in [6.45, 7) is 7.58. The van der Waals surface area contributed by atoms with Crippen molar-refractivity contribution >= 4 is 23.7 Å². The van der Waals surface area contributed by atoms with Crippen LogP contribution in [-0.2, 0) is 25.7 Å². The number of carboxylic acid groups (broad SMARTS) is 1. The van der Waals surface area contributed by atoms with Crippen molar-refractivity contribution in [1.29, 1.82) is 0 Å². The molecule has 1 rings (SSSR count). The maximum Gasteiger partial charge on any atom is 0.326 e. The molecule has 0 aliphatic carbocycles. The number of hydrogen-bond acceptors (Lipinski definition) is 5. The van der Waals surface area contributed by atoms with Crippen LogP contribution in [0.3, 0.4) is 0 Å². The highest BCUT2D eigenvalue weighted by molar-refractivity contribution is 5.91. The highest BCUT2D eigenvalue weighted by Gasteiger charge is 2.35. The van der Waals surface area contributed by atoms with Crippen LogP contribution in [0.2, 0.25) is 0 Å². The molecule has 3 atom stereocenters. The van der Waals surface area contributed by atoms with Crippen LogP contribution in [0.4, 0.5) is 0 Å². The highest BCUT2D eigenvalue weighted by atomic mass is 16.5. The van der Waals surface area contributed by atoms with Gasteiger partial charge in [0.2, 0.25) is 17.7 Å². The molecule has 0 saturated carbocycles. The summed E-state index contributed by atoms with van der Waals surface area (Å²) in [6.07, 6.45) is 0.404. The standard InChI is InChI=1S/C23H35N3O6/c1-5-16(4)21(22(29)24-18(23(30)31)13-15(2)3)26(14-17-9-7-6-8-10-17)20(28)12-11-19(27)25-32/h6-10,15-16,18,21,32H,5,11-14H2,1-4H3,(H,24,29)(H,25,27)(H,30,31)/t16-,18-,21-/m0/s1. The fourth-order valence-electron chi connectivity index (χ4n) is 3.42. The predicted molar refractivity (Wildman–Crippen MR) is 118 cm³/mol. The quantitative estimate of drug-likeness (QED) is 0.270. The number of amides is 3. The third-order valence-electron chi connectivity index (χ3n) is 5.32. The molecule has 9 nitrogen and oxygen atoms in total. The van der Waals surface area contributed by atoms with E-state index in [0.29, 0.717) is 6.42 Å². The summed E-state index contributed by atoms with van der Waals surface area (Å²) >= 11 is 0. The minimum atomic E-state index is -1.13. The molecule has 0 spiro atoms. The Labute approximate surface area is 189 Å². The van der Waals surface area contributed by atoms with E-state index in [4.69, 9.17) is 5.21 Å². The van der Waals surface area contributed by atoms with Crippen LogP contribution in [0.1, 0.15) is 58.9 Å². The second kappa shape index (κ2) is 13.5. The van der Waals surface area contributed by atoms with E-state index in [1.54, 1.807) is 0 Å². The summed E-state index contributed by atoms with van der Waals surface area (Å²) < 4.78 is 0. The van der Waals surface area contributed by atoms with Gasteiger partial charge in [0, 0.05) is 19.4 Å². The van der Waals surface area contributed by atoms with Crippen LogP contribution in [0.25, 0.3) is 0 Å². The molecule has 0 fully saturated rings. The van der Waals surface area contributed by atoms with Gasteiger partial charge in [0.1, 0.15) is 12.1 Å². The van der Waals surface area contributed by atoms with Gasteiger partial charge in [-0.1, -0.05) is 64.4 Å². The third kappa shape index (κ3) is 8.66. The maximum atomic E-state index is 13.3. The van der Waals surface area contributed by atoms with Gasteiger partial charge in [-0.2, -0.15) is 0 Å². The first-order valence-corrected chi connectivity index (χ1v) is 10.9. The molecule has 4 N–H and O–H groups in total. The van der Waals surface area contributed by atoms with Crippen LogP contribution in [0.5, 0.6) is 0 Å². The van der Waals surface area contributed by atoms with Gasteiger partial charge in [-0.15, -0.1) is 0 Å². The van der Waals surface area contributed by atoms with Crippen LogP contribution in [-0.4, -0.2) is 51.0 Å². The molecule has 3 amide bonds. The molecule has 0 unspecified atom stereocenters. The number of hydrogen-bond donors (Lipinski definition) is 4. The summed E-state index contributed by atoms with van der Waals surface area (Å²) in [4.78, 5) is 50.9. The van der Waals surface area contributed by atoms with Crippen LogP contribution < -0.4 is 10.8 Å². The van der Waals surface area contributed by atoms with Gasteiger partial charge in [0.15, 0.2) is 0 Å². The molecular formula is C23H35N3O6. The summed E-state index contributed by atoms with van der Waals surface area (Å²) in [5.41, 5.74) is 2.29. The number of nitrogens with zero attached hydrogens (tertiary/aromatic N) is 1. The van der Waals surface area contributed by atoms with Crippen molar-refractivity contribution in [3.8, 4) is 0 Å². The number of carbonyl (C=O) groups excluding carboxylic acids is 3. The molecule has 9 heteroatoms. The van der Waals surface area contributed by atoms with Crippen molar-refractivity contribution in [3.05, 3.63) is 35.9 Å². The van der Waals surface area contributed by atoms with Gasteiger partial charge in [-0.3, -0.25) is 19.6 Å². The van der Waals surface area contributed by atoms with Crippen LogP contribution in [0, 0.1) is 11.8 Å². The fourth-order valence-corrected chi connectivity index (χ4v) is 3.42. The van der Waals surface area contributed by atoms with Crippen LogP contribution in [0.15, 0.2) is 30.3 Å². The number of benzene rings is 1. The largest absolute Gasteiger partial charge is 0.480 e. The van der Waals surface area contributed by atoms with Gasteiger partial charge >= 0.3 is 5.97 Å². The third-order valence-corrected chi connectivity index (χ3v) is 5.32. The smallest absolute Gasteiger partial charge is 0.326 e. The first kappa shape index (κ1) is 27.1.